The second-order valence-corrected chi connectivity index (χ2v) is 5.16. The highest BCUT2D eigenvalue weighted by molar-refractivity contribution is 5.78. The van der Waals surface area contributed by atoms with Crippen molar-refractivity contribution in [2.45, 2.75) is 19.4 Å². The Bertz CT molecular complexity index is 303. The molecule has 1 aliphatic heterocycles. The van der Waals surface area contributed by atoms with Crippen molar-refractivity contribution in [3.63, 3.8) is 0 Å². The van der Waals surface area contributed by atoms with E-state index in [0.29, 0.717) is 32.8 Å². The van der Waals surface area contributed by atoms with Crippen LogP contribution in [0.4, 0.5) is 0 Å². The van der Waals surface area contributed by atoms with Crippen LogP contribution in [0.1, 0.15) is 13.8 Å². The molecule has 0 aromatic rings. The zero-order valence-corrected chi connectivity index (χ0v) is 11.5. The number of nitrogens with zero attached hydrogens (tertiary/aromatic N) is 2. The summed E-state index contributed by atoms with van der Waals surface area (Å²) < 4.78 is 5.45. The summed E-state index contributed by atoms with van der Waals surface area (Å²) in [7, 11) is 0. The van der Waals surface area contributed by atoms with Gasteiger partial charge < -0.3 is 9.64 Å². The summed E-state index contributed by atoms with van der Waals surface area (Å²) in [6, 6.07) is 0. The summed E-state index contributed by atoms with van der Waals surface area (Å²) in [6.07, 6.45) is 3.48. The van der Waals surface area contributed by atoms with Crippen LogP contribution in [0.25, 0.3) is 0 Å². The number of morpholine rings is 1. The lowest BCUT2D eigenvalue weighted by Crippen LogP contribution is -2.56. The zero-order valence-electron chi connectivity index (χ0n) is 11.5. The van der Waals surface area contributed by atoms with Crippen LogP contribution in [-0.4, -0.2) is 60.6 Å². The molecule has 1 rings (SSSR count). The van der Waals surface area contributed by atoms with Crippen LogP contribution in [0.3, 0.4) is 0 Å². The molecule has 0 bridgehead atoms. The highest BCUT2D eigenvalue weighted by Gasteiger charge is 2.32. The molecule has 4 heteroatoms. The van der Waals surface area contributed by atoms with E-state index in [4.69, 9.17) is 4.74 Å². The Morgan fingerprint density at radius 2 is 2.00 bits per heavy atom. The molecule has 0 atom stereocenters. The van der Waals surface area contributed by atoms with Crippen LogP contribution in [0.2, 0.25) is 0 Å². The van der Waals surface area contributed by atoms with Gasteiger partial charge in [0.2, 0.25) is 5.91 Å². The minimum Gasteiger partial charge on any atom is -0.378 e. The van der Waals surface area contributed by atoms with Crippen LogP contribution in [0, 0.1) is 0 Å². The van der Waals surface area contributed by atoms with E-state index >= 15 is 0 Å². The van der Waals surface area contributed by atoms with Crippen molar-refractivity contribution in [1.29, 1.82) is 0 Å². The maximum atomic E-state index is 12.2. The number of rotatable bonds is 6. The summed E-state index contributed by atoms with van der Waals surface area (Å²) in [6.45, 7) is 15.3. The van der Waals surface area contributed by atoms with Crippen molar-refractivity contribution in [3.05, 3.63) is 25.3 Å². The maximum absolute atomic E-state index is 12.2. The fourth-order valence-corrected chi connectivity index (χ4v) is 2.04. The first-order chi connectivity index (χ1) is 8.51. The van der Waals surface area contributed by atoms with Crippen LogP contribution in [-0.2, 0) is 9.53 Å². The predicted octanol–water partition coefficient (Wildman–Crippen LogP) is 1.30. The van der Waals surface area contributed by atoms with Crippen molar-refractivity contribution in [3.8, 4) is 0 Å². The molecule has 0 aromatic heterocycles. The highest BCUT2D eigenvalue weighted by Crippen LogP contribution is 2.18. The minimum absolute atomic E-state index is 0.0814. The summed E-state index contributed by atoms with van der Waals surface area (Å²) >= 11 is 0. The molecule has 4 nitrogen and oxygen atoms in total. The van der Waals surface area contributed by atoms with Crippen LogP contribution >= 0.6 is 0 Å². The molecule has 0 N–H and O–H groups in total. The van der Waals surface area contributed by atoms with E-state index in [0.717, 1.165) is 6.54 Å². The molecule has 1 heterocycles. The molecule has 1 amide bonds. The third-order valence-electron chi connectivity index (χ3n) is 3.19. The molecule has 0 aliphatic carbocycles. The first-order valence-corrected chi connectivity index (χ1v) is 6.33. The van der Waals surface area contributed by atoms with Gasteiger partial charge in [-0.2, -0.15) is 0 Å². The van der Waals surface area contributed by atoms with Crippen LogP contribution in [0.15, 0.2) is 25.3 Å². The number of ether oxygens (including phenoxy) is 1. The monoisotopic (exact) mass is 252 g/mol. The fourth-order valence-electron chi connectivity index (χ4n) is 2.04. The Morgan fingerprint density at radius 3 is 2.50 bits per heavy atom. The first kappa shape index (κ1) is 14.9. The SMILES string of the molecule is C=CCN(CC=C)C(=O)CN1CCOCC1(C)C. The second-order valence-electron chi connectivity index (χ2n) is 5.16. The lowest BCUT2D eigenvalue weighted by molar-refractivity contribution is -0.136. The third-order valence-corrected chi connectivity index (χ3v) is 3.19. The van der Waals surface area contributed by atoms with E-state index in [1.54, 1.807) is 17.1 Å². The number of carbonyl (C=O) groups excluding carboxylic acids is 1. The first-order valence-electron chi connectivity index (χ1n) is 6.33. The Kier molecular flexibility index (Phi) is 5.56. The van der Waals surface area contributed by atoms with Gasteiger partial charge in [-0.25, -0.2) is 0 Å². The Hall–Kier alpha value is -1.13. The van der Waals surface area contributed by atoms with E-state index in [1.807, 2.05) is 0 Å². The Balaban J connectivity index is 2.60. The van der Waals surface area contributed by atoms with E-state index in [2.05, 4.69) is 31.9 Å². The Labute approximate surface area is 110 Å². The molecular weight excluding hydrogens is 228 g/mol. The van der Waals surface area contributed by atoms with E-state index in [1.165, 1.54) is 0 Å². The van der Waals surface area contributed by atoms with E-state index < -0.39 is 0 Å². The lowest BCUT2D eigenvalue weighted by atomic mass is 10.0. The Morgan fingerprint density at radius 1 is 1.39 bits per heavy atom. The quantitative estimate of drug-likeness (QED) is 0.668. The average Bonchev–Trinajstić information content (AvgIpc) is 2.31. The molecule has 0 spiro atoms. The van der Waals surface area contributed by atoms with Crippen molar-refractivity contribution in [2.24, 2.45) is 0 Å². The largest absolute Gasteiger partial charge is 0.378 e. The average molecular weight is 252 g/mol. The summed E-state index contributed by atoms with van der Waals surface area (Å²) in [5, 5.41) is 0. The topological polar surface area (TPSA) is 32.8 Å². The van der Waals surface area contributed by atoms with Gasteiger partial charge in [-0.15, -0.1) is 13.2 Å². The fraction of sp³-hybridized carbons (Fsp3) is 0.643. The second kappa shape index (κ2) is 6.71. The number of hydrogen-bond donors (Lipinski definition) is 0. The molecule has 1 fully saturated rings. The summed E-state index contributed by atoms with van der Waals surface area (Å²) in [5.74, 6) is 0.116. The van der Waals surface area contributed by atoms with Crippen molar-refractivity contribution in [2.75, 3.05) is 39.4 Å². The molecular formula is C14H24N2O2. The lowest BCUT2D eigenvalue weighted by Gasteiger charge is -2.42. The van der Waals surface area contributed by atoms with Gasteiger partial charge in [-0.3, -0.25) is 9.69 Å². The van der Waals surface area contributed by atoms with Gasteiger partial charge in [0.25, 0.3) is 0 Å². The maximum Gasteiger partial charge on any atom is 0.237 e. The molecule has 102 valence electrons. The molecule has 1 aliphatic rings. The van der Waals surface area contributed by atoms with Crippen molar-refractivity contribution >= 4 is 5.91 Å². The highest BCUT2D eigenvalue weighted by atomic mass is 16.5. The summed E-state index contributed by atoms with van der Waals surface area (Å²) in [5.41, 5.74) is -0.0814. The number of hydrogen-bond acceptors (Lipinski definition) is 3. The van der Waals surface area contributed by atoms with Crippen molar-refractivity contribution < 1.29 is 9.53 Å². The van der Waals surface area contributed by atoms with Gasteiger partial charge in [0, 0.05) is 25.2 Å². The third kappa shape index (κ3) is 3.96. The van der Waals surface area contributed by atoms with Gasteiger partial charge in [0.05, 0.1) is 19.8 Å². The summed E-state index contributed by atoms with van der Waals surface area (Å²) in [4.78, 5) is 16.2. The molecule has 0 radical (unpaired) electrons. The standard InChI is InChI=1S/C14H24N2O2/c1-5-7-15(8-6-2)13(17)11-16-9-10-18-12-14(16,3)4/h5-6H,1-2,7-12H2,3-4H3. The number of amides is 1. The van der Waals surface area contributed by atoms with Gasteiger partial charge in [-0.05, 0) is 13.8 Å². The molecule has 0 saturated carbocycles. The van der Waals surface area contributed by atoms with Crippen LogP contribution in [0.5, 0.6) is 0 Å². The van der Waals surface area contributed by atoms with Crippen LogP contribution < -0.4 is 0 Å². The van der Waals surface area contributed by atoms with Gasteiger partial charge in [0.1, 0.15) is 0 Å². The van der Waals surface area contributed by atoms with Gasteiger partial charge in [-0.1, -0.05) is 12.2 Å². The predicted molar refractivity (Wildman–Crippen MR) is 73.4 cm³/mol. The smallest absolute Gasteiger partial charge is 0.237 e. The molecule has 18 heavy (non-hydrogen) atoms. The van der Waals surface area contributed by atoms with E-state index in [-0.39, 0.29) is 11.4 Å². The van der Waals surface area contributed by atoms with Gasteiger partial charge >= 0.3 is 0 Å². The number of carbonyl (C=O) groups is 1. The molecule has 0 unspecified atom stereocenters. The zero-order chi connectivity index (χ0) is 13.6. The minimum atomic E-state index is -0.0814. The van der Waals surface area contributed by atoms with E-state index in [9.17, 15) is 4.79 Å². The molecule has 0 aromatic carbocycles. The van der Waals surface area contributed by atoms with Gasteiger partial charge in [0.15, 0.2) is 0 Å². The normalized spacial score (nSPS) is 19.2. The molecule has 1 saturated heterocycles. The van der Waals surface area contributed by atoms with Crippen molar-refractivity contribution in [1.82, 2.24) is 9.80 Å².